The number of rotatable bonds is 7. The van der Waals surface area contributed by atoms with Crippen molar-refractivity contribution in [3.8, 4) is 11.5 Å². The highest BCUT2D eigenvalue weighted by Gasteiger charge is 2.25. The van der Waals surface area contributed by atoms with Gasteiger partial charge in [0.15, 0.2) is 11.5 Å². The molecule has 1 rings (SSSR count). The van der Waals surface area contributed by atoms with Crippen LogP contribution < -0.4 is 14.8 Å². The Morgan fingerprint density at radius 3 is 2.36 bits per heavy atom. The summed E-state index contributed by atoms with van der Waals surface area (Å²) in [4.78, 5) is 23.1. The number of amides is 1. The highest BCUT2D eigenvalue weighted by Crippen LogP contribution is 2.30. The molecule has 0 aliphatic rings. The molecule has 140 valence electrons. The van der Waals surface area contributed by atoms with Gasteiger partial charge >= 0.3 is 18.7 Å². The van der Waals surface area contributed by atoms with Crippen molar-refractivity contribution < 1.29 is 37.7 Å². The molecular formula is C16H21F2NO6. The zero-order chi connectivity index (χ0) is 19.2. The van der Waals surface area contributed by atoms with Crippen LogP contribution in [0.3, 0.4) is 0 Å². The number of hydrogen-bond donors (Lipinski definition) is 2. The van der Waals surface area contributed by atoms with Crippen LogP contribution in [0.4, 0.5) is 13.6 Å². The molecule has 0 radical (unpaired) electrons. The summed E-state index contributed by atoms with van der Waals surface area (Å²) in [6, 6.07) is 2.80. The molecular weight excluding hydrogens is 340 g/mol. The van der Waals surface area contributed by atoms with E-state index < -0.39 is 30.3 Å². The third kappa shape index (κ3) is 7.23. The van der Waals surface area contributed by atoms with Gasteiger partial charge in [-0.15, -0.1) is 0 Å². The topological polar surface area (TPSA) is 94.1 Å². The van der Waals surface area contributed by atoms with E-state index in [9.17, 15) is 23.5 Å². The lowest BCUT2D eigenvalue weighted by molar-refractivity contribution is -0.139. The lowest BCUT2D eigenvalue weighted by Gasteiger charge is -2.22. The van der Waals surface area contributed by atoms with Crippen LogP contribution in [-0.2, 0) is 16.0 Å². The Hall–Kier alpha value is -2.58. The van der Waals surface area contributed by atoms with E-state index in [0.717, 1.165) is 0 Å². The van der Waals surface area contributed by atoms with Crippen LogP contribution in [0, 0.1) is 0 Å². The number of carboxylic acids is 1. The van der Waals surface area contributed by atoms with Crippen LogP contribution >= 0.6 is 0 Å². The van der Waals surface area contributed by atoms with E-state index in [1.54, 1.807) is 20.8 Å². The fourth-order valence-electron chi connectivity index (χ4n) is 1.92. The standard InChI is InChI=1S/C16H21F2NO6/c1-16(2,3)25-15(22)19-10(13(20)21)7-9-5-6-11(23-4)12(8-9)24-14(17)18/h5-6,8,10,14H,7H2,1-4H3,(H,19,22)(H,20,21). The summed E-state index contributed by atoms with van der Waals surface area (Å²) in [5.74, 6) is -1.44. The van der Waals surface area contributed by atoms with Gasteiger partial charge in [0, 0.05) is 6.42 Å². The molecule has 0 saturated heterocycles. The maximum atomic E-state index is 12.4. The van der Waals surface area contributed by atoms with Crippen molar-refractivity contribution in [2.45, 2.75) is 45.4 Å². The monoisotopic (exact) mass is 361 g/mol. The van der Waals surface area contributed by atoms with Gasteiger partial charge in [-0.25, -0.2) is 9.59 Å². The summed E-state index contributed by atoms with van der Waals surface area (Å²) in [6.07, 6.45) is -1.05. The zero-order valence-electron chi connectivity index (χ0n) is 14.3. The second-order valence-corrected chi connectivity index (χ2v) is 6.10. The molecule has 7 nitrogen and oxygen atoms in total. The summed E-state index contributed by atoms with van der Waals surface area (Å²) in [5.41, 5.74) is -0.425. The van der Waals surface area contributed by atoms with E-state index in [1.807, 2.05) is 0 Å². The Labute approximate surface area is 143 Å². The van der Waals surface area contributed by atoms with Crippen molar-refractivity contribution in [1.29, 1.82) is 0 Å². The number of carboxylic acid groups (broad SMARTS) is 1. The van der Waals surface area contributed by atoms with E-state index in [-0.39, 0.29) is 17.9 Å². The maximum absolute atomic E-state index is 12.4. The first kappa shape index (κ1) is 20.5. The lowest BCUT2D eigenvalue weighted by atomic mass is 10.1. The van der Waals surface area contributed by atoms with E-state index in [2.05, 4.69) is 10.1 Å². The number of alkyl halides is 2. The first-order chi connectivity index (χ1) is 11.5. The largest absolute Gasteiger partial charge is 0.493 e. The zero-order valence-corrected chi connectivity index (χ0v) is 14.3. The number of ether oxygens (including phenoxy) is 3. The molecule has 1 amide bonds. The minimum Gasteiger partial charge on any atom is -0.493 e. The van der Waals surface area contributed by atoms with Gasteiger partial charge in [-0.05, 0) is 38.5 Å². The number of aliphatic carboxylic acids is 1. The molecule has 0 aliphatic heterocycles. The SMILES string of the molecule is COc1ccc(CC(NC(=O)OC(C)(C)C)C(=O)O)cc1OC(F)F. The van der Waals surface area contributed by atoms with Crippen LogP contribution in [0.15, 0.2) is 18.2 Å². The Kier molecular flexibility index (Phi) is 6.96. The van der Waals surface area contributed by atoms with Crippen molar-refractivity contribution in [1.82, 2.24) is 5.32 Å². The van der Waals surface area contributed by atoms with Crippen LogP contribution in [0.5, 0.6) is 11.5 Å². The van der Waals surface area contributed by atoms with Gasteiger partial charge in [0.05, 0.1) is 7.11 Å². The fourth-order valence-corrected chi connectivity index (χ4v) is 1.92. The van der Waals surface area contributed by atoms with Crippen LogP contribution in [0.25, 0.3) is 0 Å². The predicted molar refractivity (Wildman–Crippen MR) is 84.1 cm³/mol. The number of methoxy groups -OCH3 is 1. The Balaban J connectivity index is 2.91. The van der Waals surface area contributed by atoms with Gasteiger partial charge in [-0.1, -0.05) is 6.07 Å². The van der Waals surface area contributed by atoms with E-state index in [0.29, 0.717) is 5.56 Å². The van der Waals surface area contributed by atoms with E-state index in [4.69, 9.17) is 9.47 Å². The number of alkyl carbamates (subject to hydrolysis) is 1. The molecule has 25 heavy (non-hydrogen) atoms. The van der Waals surface area contributed by atoms with Gasteiger partial charge < -0.3 is 24.6 Å². The first-order valence-electron chi connectivity index (χ1n) is 7.36. The second kappa shape index (κ2) is 8.50. The minimum atomic E-state index is -3.06. The molecule has 1 unspecified atom stereocenters. The predicted octanol–water partition coefficient (Wildman–Crippen LogP) is 2.82. The molecule has 0 saturated carbocycles. The molecule has 0 spiro atoms. The van der Waals surface area contributed by atoms with Gasteiger partial charge in [0.1, 0.15) is 11.6 Å². The fraction of sp³-hybridized carbons (Fsp3) is 0.500. The average molecular weight is 361 g/mol. The second-order valence-electron chi connectivity index (χ2n) is 6.10. The number of carbonyl (C=O) groups excluding carboxylic acids is 1. The third-order valence-corrected chi connectivity index (χ3v) is 2.87. The van der Waals surface area contributed by atoms with Crippen LogP contribution in [0.1, 0.15) is 26.3 Å². The number of benzene rings is 1. The lowest BCUT2D eigenvalue weighted by Crippen LogP contribution is -2.44. The van der Waals surface area contributed by atoms with E-state index in [1.165, 1.54) is 25.3 Å². The molecule has 0 fully saturated rings. The molecule has 1 atom stereocenters. The van der Waals surface area contributed by atoms with E-state index >= 15 is 0 Å². The average Bonchev–Trinajstić information content (AvgIpc) is 2.44. The molecule has 0 heterocycles. The molecule has 0 bridgehead atoms. The summed E-state index contributed by atoms with van der Waals surface area (Å²) in [7, 11) is 1.29. The van der Waals surface area contributed by atoms with Crippen molar-refractivity contribution in [3.05, 3.63) is 23.8 Å². The Morgan fingerprint density at radius 2 is 1.88 bits per heavy atom. The van der Waals surface area contributed by atoms with Gasteiger partial charge in [0.25, 0.3) is 0 Å². The van der Waals surface area contributed by atoms with Gasteiger partial charge in [-0.2, -0.15) is 8.78 Å². The summed E-state index contributed by atoms with van der Waals surface area (Å²) < 4.78 is 39.2. The number of hydrogen-bond acceptors (Lipinski definition) is 5. The quantitative estimate of drug-likeness (QED) is 0.776. The van der Waals surface area contributed by atoms with Gasteiger partial charge in [0.2, 0.25) is 0 Å². The summed E-state index contributed by atoms with van der Waals surface area (Å²) >= 11 is 0. The number of halogens is 2. The van der Waals surface area contributed by atoms with Crippen molar-refractivity contribution in [2.75, 3.05) is 7.11 Å². The molecule has 1 aromatic carbocycles. The highest BCUT2D eigenvalue weighted by molar-refractivity contribution is 5.80. The van der Waals surface area contributed by atoms with Crippen molar-refractivity contribution in [2.24, 2.45) is 0 Å². The Morgan fingerprint density at radius 1 is 1.24 bits per heavy atom. The molecule has 0 aliphatic carbocycles. The number of carbonyl (C=O) groups is 2. The van der Waals surface area contributed by atoms with Crippen LogP contribution in [-0.4, -0.2) is 42.5 Å². The normalized spacial score (nSPS) is 12.4. The summed E-state index contributed by atoms with van der Waals surface area (Å²) in [5, 5.41) is 11.5. The first-order valence-corrected chi connectivity index (χ1v) is 7.36. The third-order valence-electron chi connectivity index (χ3n) is 2.87. The molecule has 0 aromatic heterocycles. The highest BCUT2D eigenvalue weighted by atomic mass is 19.3. The smallest absolute Gasteiger partial charge is 0.408 e. The Bertz CT molecular complexity index is 615. The molecule has 1 aromatic rings. The van der Waals surface area contributed by atoms with Crippen LogP contribution in [0.2, 0.25) is 0 Å². The van der Waals surface area contributed by atoms with Crippen molar-refractivity contribution >= 4 is 12.1 Å². The number of nitrogens with one attached hydrogen (secondary N) is 1. The van der Waals surface area contributed by atoms with Gasteiger partial charge in [-0.3, -0.25) is 0 Å². The minimum absolute atomic E-state index is 0.0797. The molecule has 9 heteroatoms. The molecule has 2 N–H and O–H groups in total. The van der Waals surface area contributed by atoms with Crippen molar-refractivity contribution in [3.63, 3.8) is 0 Å². The maximum Gasteiger partial charge on any atom is 0.408 e. The summed E-state index contributed by atoms with van der Waals surface area (Å²) in [6.45, 7) is 1.86.